The summed E-state index contributed by atoms with van der Waals surface area (Å²) >= 11 is -0.826. The van der Waals surface area contributed by atoms with E-state index >= 15 is 0 Å². The van der Waals surface area contributed by atoms with Gasteiger partial charge in [0.25, 0.3) is 0 Å². The van der Waals surface area contributed by atoms with Crippen LogP contribution in [0.15, 0.2) is 61.2 Å². The van der Waals surface area contributed by atoms with Gasteiger partial charge in [0.1, 0.15) is 0 Å². The molecule has 0 radical (unpaired) electrons. The van der Waals surface area contributed by atoms with Crippen molar-refractivity contribution in [2.75, 3.05) is 0 Å². The fourth-order valence-corrected chi connectivity index (χ4v) is 5.45. The average molecular weight is 479 g/mol. The van der Waals surface area contributed by atoms with E-state index in [1.807, 2.05) is 0 Å². The second-order valence-electron chi connectivity index (χ2n) is 7.99. The molecule has 2 aliphatic rings. The van der Waals surface area contributed by atoms with Crippen LogP contribution in [0, 0.1) is 11.3 Å². The second kappa shape index (κ2) is 9.91. The number of fused-ring (bicyclic) bond motifs is 3. The Bertz CT molecular complexity index is 721. The maximum atomic E-state index is 4.93. The predicted molar refractivity (Wildman–Crippen MR) is 115 cm³/mol. The van der Waals surface area contributed by atoms with Crippen LogP contribution < -0.4 is 0 Å². The van der Waals surface area contributed by atoms with Crippen molar-refractivity contribution in [1.82, 2.24) is 0 Å². The maximum absolute atomic E-state index is 4.93. The Hall–Kier alpha value is -0.357. The van der Waals surface area contributed by atoms with Gasteiger partial charge < -0.3 is 0 Å². The van der Waals surface area contributed by atoms with Crippen molar-refractivity contribution in [2.45, 2.75) is 51.4 Å². The fourth-order valence-electron chi connectivity index (χ4n) is 5.45. The summed E-state index contributed by atoms with van der Waals surface area (Å²) in [5.41, 5.74) is 6.35. The van der Waals surface area contributed by atoms with E-state index in [4.69, 9.17) is 17.0 Å². The topological polar surface area (TPSA) is 0 Å². The molecule has 1 atom stereocenters. The summed E-state index contributed by atoms with van der Waals surface area (Å²) in [4.78, 5) is 0. The van der Waals surface area contributed by atoms with Crippen LogP contribution in [-0.2, 0) is 20.8 Å². The monoisotopic (exact) mass is 476 g/mol. The summed E-state index contributed by atoms with van der Waals surface area (Å²) < 4.78 is 0. The molecule has 0 nitrogen and oxygen atoms in total. The predicted octanol–water partition coefficient (Wildman–Crippen LogP) is 8.34. The zero-order chi connectivity index (χ0) is 19.3. The van der Waals surface area contributed by atoms with Gasteiger partial charge in [-0.15, -0.1) is 6.58 Å². The van der Waals surface area contributed by atoms with Crippen molar-refractivity contribution in [3.63, 3.8) is 0 Å². The first kappa shape index (κ1) is 21.4. The molecule has 1 fully saturated rings. The molecule has 27 heavy (non-hydrogen) atoms. The fraction of sp³-hybridized carbons (Fsp3) is 0.417. The van der Waals surface area contributed by atoms with Gasteiger partial charge in [-0.3, -0.25) is 0 Å². The van der Waals surface area contributed by atoms with Crippen LogP contribution in [0.4, 0.5) is 0 Å². The molecule has 1 saturated carbocycles. The number of benzene rings is 2. The zero-order valence-electron chi connectivity index (χ0n) is 16.1. The molecule has 142 valence electrons. The Morgan fingerprint density at radius 1 is 1.00 bits per heavy atom. The van der Waals surface area contributed by atoms with Crippen molar-refractivity contribution >= 4 is 17.0 Å². The van der Waals surface area contributed by atoms with Crippen molar-refractivity contribution in [3.05, 3.63) is 72.3 Å². The molecule has 0 N–H and O–H groups in total. The van der Waals surface area contributed by atoms with Crippen molar-refractivity contribution < 1.29 is 20.8 Å². The molecule has 0 amide bonds. The van der Waals surface area contributed by atoms with Gasteiger partial charge in [0, 0.05) is 5.92 Å². The molecular weight excluding hydrogens is 450 g/mol. The van der Waals surface area contributed by atoms with Gasteiger partial charge in [0.05, 0.1) is 0 Å². The minimum absolute atomic E-state index is 0.327. The third kappa shape index (κ3) is 4.31. The van der Waals surface area contributed by atoms with Crippen LogP contribution >= 0.6 is 17.0 Å². The summed E-state index contributed by atoms with van der Waals surface area (Å²) in [5.74, 6) is 1.37. The number of halogens is 2. The summed E-state index contributed by atoms with van der Waals surface area (Å²) in [5, 5.41) is 0. The molecule has 4 rings (SSSR count). The van der Waals surface area contributed by atoms with E-state index in [9.17, 15) is 0 Å². The molecule has 2 aromatic rings. The van der Waals surface area contributed by atoms with Crippen molar-refractivity contribution in [1.29, 1.82) is 0 Å². The number of hydrogen-bond acceptors (Lipinski definition) is 0. The Kier molecular flexibility index (Phi) is 7.84. The Morgan fingerprint density at radius 2 is 1.48 bits per heavy atom. The van der Waals surface area contributed by atoms with Gasteiger partial charge >= 0.3 is 37.9 Å². The van der Waals surface area contributed by atoms with Gasteiger partial charge in [-0.2, -0.15) is 0 Å². The normalized spacial score (nSPS) is 18.0. The summed E-state index contributed by atoms with van der Waals surface area (Å²) in [6.45, 7) is 6.57. The quantitative estimate of drug-likeness (QED) is 0.379. The first-order valence-electron chi connectivity index (χ1n) is 9.92. The van der Waals surface area contributed by atoms with Crippen LogP contribution in [0.1, 0.15) is 62.5 Å². The number of allylic oxidation sites excluding steroid dienone is 1. The molecule has 2 aliphatic carbocycles. The molecule has 1 unspecified atom stereocenters. The van der Waals surface area contributed by atoms with Crippen LogP contribution in [0.25, 0.3) is 11.1 Å². The average Bonchev–Trinajstić information content (AvgIpc) is 3.34. The summed E-state index contributed by atoms with van der Waals surface area (Å²) in [7, 11) is 9.87. The molecular formula is C24H28Cl2Zr. The van der Waals surface area contributed by atoms with Gasteiger partial charge in [0.15, 0.2) is 0 Å². The summed E-state index contributed by atoms with van der Waals surface area (Å²) in [6, 6.07) is 18.2. The van der Waals surface area contributed by atoms with Gasteiger partial charge in [-0.25, -0.2) is 0 Å². The van der Waals surface area contributed by atoms with Crippen molar-refractivity contribution in [2.24, 2.45) is 11.3 Å². The first-order chi connectivity index (χ1) is 13.2. The van der Waals surface area contributed by atoms with E-state index in [1.165, 1.54) is 43.2 Å². The van der Waals surface area contributed by atoms with Crippen LogP contribution in [0.2, 0.25) is 0 Å². The first-order valence-corrected chi connectivity index (χ1v) is 16.3. The molecule has 3 heteroatoms. The molecule has 0 spiro atoms. The van der Waals surface area contributed by atoms with Gasteiger partial charge in [-0.05, 0) is 59.3 Å². The SMILES string of the molecule is C=CCCC(C)(C1CCCC1)C1c2ccccc2-c2ccccc21.[Cl][Zr][Cl]. The number of rotatable bonds is 5. The van der Waals surface area contributed by atoms with Crippen LogP contribution in [0.5, 0.6) is 0 Å². The van der Waals surface area contributed by atoms with E-state index in [0.717, 1.165) is 12.3 Å². The van der Waals surface area contributed by atoms with Gasteiger partial charge in [0.2, 0.25) is 0 Å². The van der Waals surface area contributed by atoms with Crippen LogP contribution in [-0.4, -0.2) is 0 Å². The molecule has 0 aliphatic heterocycles. The zero-order valence-corrected chi connectivity index (χ0v) is 20.0. The van der Waals surface area contributed by atoms with E-state index in [-0.39, 0.29) is 0 Å². The third-order valence-electron chi connectivity index (χ3n) is 6.67. The van der Waals surface area contributed by atoms with E-state index in [0.29, 0.717) is 11.3 Å². The standard InChI is InChI=1S/C24H28.2ClH.Zr/c1-3-4-17-24(2,18-11-5-6-12-18)23-21-15-9-7-13-19(21)20-14-8-10-16-22(20)23;;;/h3,7-10,13-16,18,23H,1,4-6,11-12,17H2,2H3;2*1H;/q;;;+2/p-2. The Labute approximate surface area is 183 Å². The molecule has 2 aromatic carbocycles. The van der Waals surface area contributed by atoms with Gasteiger partial charge in [-0.1, -0.05) is 74.4 Å². The number of hydrogen-bond donors (Lipinski definition) is 0. The molecule has 0 saturated heterocycles. The van der Waals surface area contributed by atoms with E-state index in [2.05, 4.69) is 68.1 Å². The minimum atomic E-state index is -0.826. The van der Waals surface area contributed by atoms with E-state index in [1.54, 1.807) is 11.1 Å². The second-order valence-corrected chi connectivity index (χ2v) is 11.7. The molecule has 0 heterocycles. The Balaban J connectivity index is 0.000000659. The van der Waals surface area contributed by atoms with Crippen molar-refractivity contribution in [3.8, 4) is 11.1 Å². The molecule has 0 aromatic heterocycles. The van der Waals surface area contributed by atoms with Crippen LogP contribution in [0.3, 0.4) is 0 Å². The van der Waals surface area contributed by atoms with E-state index < -0.39 is 20.8 Å². The Morgan fingerprint density at radius 3 is 1.96 bits per heavy atom. The third-order valence-corrected chi connectivity index (χ3v) is 6.67. The molecule has 0 bridgehead atoms. The summed E-state index contributed by atoms with van der Waals surface area (Å²) in [6.07, 6.45) is 10.1.